The van der Waals surface area contributed by atoms with Gasteiger partial charge in [-0.1, -0.05) is 59.6 Å². The Hall–Kier alpha value is -1.84. The van der Waals surface area contributed by atoms with Crippen LogP contribution in [0.2, 0.25) is 10.0 Å². The van der Waals surface area contributed by atoms with Gasteiger partial charge in [0, 0.05) is 16.6 Å². The highest BCUT2D eigenvalue weighted by molar-refractivity contribution is 6.35. The molecule has 0 aliphatic heterocycles. The summed E-state index contributed by atoms with van der Waals surface area (Å²) in [6, 6.07) is 16.2. The van der Waals surface area contributed by atoms with Crippen molar-refractivity contribution < 1.29 is 0 Å². The summed E-state index contributed by atoms with van der Waals surface area (Å²) < 4.78 is 1.85. The summed E-state index contributed by atoms with van der Waals surface area (Å²) >= 11 is 12.5. The molecular weight excluding hydrogens is 329 g/mol. The smallest absolute Gasteiger partial charge is 0.137 e. The number of nitrogens with zero attached hydrogens (tertiary/aromatic N) is 3. The van der Waals surface area contributed by atoms with Gasteiger partial charge in [0.2, 0.25) is 0 Å². The standard InChI is InChI=1S/C18H17Cl2N3/c19-16-6-7-17(18(20)11-16)15(8-9-23-13-21-12-22-23)10-14-4-2-1-3-5-14/h1-7,11-13,15H,8-10H2/t15-/m0/s1. The SMILES string of the molecule is Clc1ccc([C@@H](CCn2cncn2)Cc2ccccc2)c(Cl)c1. The highest BCUT2D eigenvalue weighted by Crippen LogP contribution is 2.32. The van der Waals surface area contributed by atoms with E-state index in [0.717, 1.165) is 30.0 Å². The second kappa shape index (κ2) is 7.62. The van der Waals surface area contributed by atoms with Crippen LogP contribution in [-0.2, 0) is 13.0 Å². The Bertz CT molecular complexity index is 742. The van der Waals surface area contributed by atoms with Gasteiger partial charge in [-0.15, -0.1) is 0 Å². The second-order valence-electron chi connectivity index (χ2n) is 5.50. The summed E-state index contributed by atoms with van der Waals surface area (Å²) in [5.41, 5.74) is 2.42. The lowest BCUT2D eigenvalue weighted by Crippen LogP contribution is -2.09. The molecular formula is C18H17Cl2N3. The average Bonchev–Trinajstić information content (AvgIpc) is 3.06. The fraction of sp³-hybridized carbons (Fsp3) is 0.222. The van der Waals surface area contributed by atoms with Gasteiger partial charge in [-0.05, 0) is 42.0 Å². The van der Waals surface area contributed by atoms with Crippen molar-refractivity contribution in [3.8, 4) is 0 Å². The number of aromatic nitrogens is 3. The molecule has 0 saturated heterocycles. The molecule has 0 radical (unpaired) electrons. The minimum absolute atomic E-state index is 0.298. The summed E-state index contributed by atoms with van der Waals surface area (Å²) in [4.78, 5) is 3.99. The molecule has 23 heavy (non-hydrogen) atoms. The van der Waals surface area contributed by atoms with Gasteiger partial charge in [-0.2, -0.15) is 5.10 Å². The van der Waals surface area contributed by atoms with E-state index in [4.69, 9.17) is 23.2 Å². The first-order valence-corrected chi connectivity index (χ1v) is 8.29. The predicted octanol–water partition coefficient (Wildman–Crippen LogP) is 5.00. The number of aryl methyl sites for hydroxylation is 1. The van der Waals surface area contributed by atoms with Gasteiger partial charge >= 0.3 is 0 Å². The molecule has 0 N–H and O–H groups in total. The maximum Gasteiger partial charge on any atom is 0.137 e. The maximum absolute atomic E-state index is 6.43. The first kappa shape index (κ1) is 16.0. The Labute approximate surface area is 145 Å². The van der Waals surface area contributed by atoms with E-state index in [0.29, 0.717) is 10.9 Å². The van der Waals surface area contributed by atoms with E-state index in [-0.39, 0.29) is 0 Å². The quantitative estimate of drug-likeness (QED) is 0.629. The molecule has 3 aromatic rings. The van der Waals surface area contributed by atoms with Crippen molar-refractivity contribution in [2.45, 2.75) is 25.3 Å². The van der Waals surface area contributed by atoms with E-state index >= 15 is 0 Å². The van der Waals surface area contributed by atoms with Gasteiger partial charge in [-0.25, -0.2) is 4.98 Å². The van der Waals surface area contributed by atoms with Crippen LogP contribution in [0.4, 0.5) is 0 Å². The van der Waals surface area contributed by atoms with Crippen molar-refractivity contribution in [1.82, 2.24) is 14.8 Å². The maximum atomic E-state index is 6.43. The molecule has 0 unspecified atom stereocenters. The molecule has 1 heterocycles. The van der Waals surface area contributed by atoms with Crippen LogP contribution in [0.1, 0.15) is 23.5 Å². The number of hydrogen-bond acceptors (Lipinski definition) is 2. The summed E-state index contributed by atoms with van der Waals surface area (Å²) in [6.07, 6.45) is 5.15. The van der Waals surface area contributed by atoms with Gasteiger partial charge in [0.25, 0.3) is 0 Å². The van der Waals surface area contributed by atoms with Gasteiger partial charge < -0.3 is 0 Å². The Balaban J connectivity index is 1.82. The van der Waals surface area contributed by atoms with Crippen LogP contribution < -0.4 is 0 Å². The Morgan fingerprint density at radius 3 is 2.57 bits per heavy atom. The summed E-state index contributed by atoms with van der Waals surface area (Å²) in [5, 5.41) is 5.56. The molecule has 0 amide bonds. The average molecular weight is 346 g/mol. The van der Waals surface area contributed by atoms with Crippen LogP contribution >= 0.6 is 23.2 Å². The molecule has 1 atom stereocenters. The minimum Gasteiger partial charge on any atom is -0.253 e. The third kappa shape index (κ3) is 4.34. The van der Waals surface area contributed by atoms with E-state index in [9.17, 15) is 0 Å². The number of rotatable bonds is 6. The van der Waals surface area contributed by atoms with E-state index in [1.54, 1.807) is 12.7 Å². The molecule has 0 saturated carbocycles. The molecule has 0 aliphatic rings. The van der Waals surface area contributed by atoms with Crippen LogP contribution in [-0.4, -0.2) is 14.8 Å². The monoisotopic (exact) mass is 345 g/mol. The molecule has 0 fully saturated rings. The second-order valence-corrected chi connectivity index (χ2v) is 6.34. The van der Waals surface area contributed by atoms with Gasteiger partial charge in [0.05, 0.1) is 0 Å². The van der Waals surface area contributed by atoms with Crippen LogP contribution in [0.3, 0.4) is 0 Å². The van der Waals surface area contributed by atoms with E-state index < -0.39 is 0 Å². The lowest BCUT2D eigenvalue weighted by atomic mass is 9.89. The van der Waals surface area contributed by atoms with Crippen LogP contribution in [0, 0.1) is 0 Å². The first-order valence-electron chi connectivity index (χ1n) is 7.53. The molecule has 118 valence electrons. The van der Waals surface area contributed by atoms with Gasteiger partial charge in [-0.3, -0.25) is 4.68 Å². The molecule has 3 rings (SSSR count). The van der Waals surface area contributed by atoms with Crippen LogP contribution in [0.5, 0.6) is 0 Å². The lowest BCUT2D eigenvalue weighted by molar-refractivity contribution is 0.510. The fourth-order valence-corrected chi connectivity index (χ4v) is 3.30. The fourth-order valence-electron chi connectivity index (χ4n) is 2.74. The molecule has 0 bridgehead atoms. The molecule has 0 aliphatic carbocycles. The van der Waals surface area contributed by atoms with Gasteiger partial charge in [0.15, 0.2) is 0 Å². The molecule has 2 aromatic carbocycles. The Morgan fingerprint density at radius 1 is 1.04 bits per heavy atom. The van der Waals surface area contributed by atoms with Crippen molar-refractivity contribution in [3.63, 3.8) is 0 Å². The molecule has 3 nitrogen and oxygen atoms in total. The van der Waals surface area contributed by atoms with E-state index in [2.05, 4.69) is 34.3 Å². The van der Waals surface area contributed by atoms with Gasteiger partial charge in [0.1, 0.15) is 12.7 Å². The number of halogens is 2. The zero-order valence-electron chi connectivity index (χ0n) is 12.6. The zero-order chi connectivity index (χ0) is 16.1. The van der Waals surface area contributed by atoms with Crippen molar-refractivity contribution >= 4 is 23.2 Å². The zero-order valence-corrected chi connectivity index (χ0v) is 14.1. The van der Waals surface area contributed by atoms with Crippen LogP contribution in [0.25, 0.3) is 0 Å². The summed E-state index contributed by atoms with van der Waals surface area (Å²) in [6.45, 7) is 0.802. The van der Waals surface area contributed by atoms with Crippen molar-refractivity contribution in [1.29, 1.82) is 0 Å². The summed E-state index contributed by atoms with van der Waals surface area (Å²) in [5.74, 6) is 0.298. The largest absolute Gasteiger partial charge is 0.253 e. The topological polar surface area (TPSA) is 30.7 Å². The lowest BCUT2D eigenvalue weighted by Gasteiger charge is -2.19. The Morgan fingerprint density at radius 2 is 1.87 bits per heavy atom. The van der Waals surface area contributed by atoms with Crippen molar-refractivity contribution in [3.05, 3.63) is 82.4 Å². The Kier molecular flexibility index (Phi) is 5.31. The third-order valence-corrected chi connectivity index (χ3v) is 4.46. The molecule has 5 heteroatoms. The molecule has 0 spiro atoms. The number of hydrogen-bond donors (Lipinski definition) is 0. The predicted molar refractivity (Wildman–Crippen MR) is 94.0 cm³/mol. The van der Waals surface area contributed by atoms with E-state index in [1.165, 1.54) is 5.56 Å². The van der Waals surface area contributed by atoms with E-state index in [1.807, 2.05) is 28.9 Å². The highest BCUT2D eigenvalue weighted by Gasteiger charge is 2.16. The highest BCUT2D eigenvalue weighted by atomic mass is 35.5. The van der Waals surface area contributed by atoms with Crippen molar-refractivity contribution in [2.75, 3.05) is 0 Å². The van der Waals surface area contributed by atoms with Crippen molar-refractivity contribution in [2.24, 2.45) is 0 Å². The normalized spacial score (nSPS) is 12.3. The third-order valence-electron chi connectivity index (χ3n) is 3.90. The first-order chi connectivity index (χ1) is 11.2. The minimum atomic E-state index is 0.298. The van der Waals surface area contributed by atoms with Crippen LogP contribution in [0.15, 0.2) is 61.2 Å². The molecule has 1 aromatic heterocycles. The number of benzene rings is 2. The summed E-state index contributed by atoms with van der Waals surface area (Å²) in [7, 11) is 0.